The minimum absolute atomic E-state index is 0.0663. The van der Waals surface area contributed by atoms with Gasteiger partial charge < -0.3 is 5.32 Å². The molecule has 1 aromatic carbocycles. The van der Waals surface area contributed by atoms with Crippen molar-refractivity contribution in [3.8, 4) is 0 Å². The smallest absolute Gasteiger partial charge is 0.232 e. The number of carbonyl (C=O) groups is 1. The van der Waals surface area contributed by atoms with Crippen molar-refractivity contribution in [2.45, 2.75) is 40.0 Å². The molecule has 110 valence electrons. The van der Waals surface area contributed by atoms with E-state index in [1.165, 1.54) is 28.0 Å². The average Bonchev–Trinajstić information content (AvgIpc) is 2.99. The number of hydrogen-bond donors (Lipinski definition) is 1. The molecule has 21 heavy (non-hydrogen) atoms. The SMILES string of the molecule is Cc1cc(C)cc(Cc2nnc(NC(=O)C3(C)CC3)s2)c1. The average molecular weight is 301 g/mol. The van der Waals surface area contributed by atoms with Crippen molar-refractivity contribution in [3.05, 3.63) is 39.9 Å². The molecular formula is C16H19N3OS. The van der Waals surface area contributed by atoms with Gasteiger partial charge in [-0.15, -0.1) is 10.2 Å². The lowest BCUT2D eigenvalue weighted by molar-refractivity contribution is -0.120. The number of benzene rings is 1. The van der Waals surface area contributed by atoms with Crippen LogP contribution in [-0.2, 0) is 11.2 Å². The van der Waals surface area contributed by atoms with Gasteiger partial charge in [-0.25, -0.2) is 0 Å². The van der Waals surface area contributed by atoms with Crippen LogP contribution in [0.3, 0.4) is 0 Å². The maximum Gasteiger partial charge on any atom is 0.232 e. The van der Waals surface area contributed by atoms with Crippen LogP contribution >= 0.6 is 11.3 Å². The molecule has 0 spiro atoms. The second-order valence-corrected chi connectivity index (χ2v) is 7.25. The topological polar surface area (TPSA) is 54.9 Å². The summed E-state index contributed by atoms with van der Waals surface area (Å²) in [6.45, 7) is 6.18. The lowest BCUT2D eigenvalue weighted by Gasteiger charge is -2.05. The highest BCUT2D eigenvalue weighted by Crippen LogP contribution is 2.45. The van der Waals surface area contributed by atoms with Crippen LogP contribution in [0.25, 0.3) is 0 Å². The van der Waals surface area contributed by atoms with Gasteiger partial charge in [0.15, 0.2) is 0 Å². The zero-order valence-corrected chi connectivity index (χ0v) is 13.4. The molecule has 1 fully saturated rings. The largest absolute Gasteiger partial charge is 0.300 e. The maximum atomic E-state index is 12.0. The molecule has 0 unspecified atom stereocenters. The number of carbonyl (C=O) groups excluding carboxylic acids is 1. The number of hydrogen-bond acceptors (Lipinski definition) is 4. The van der Waals surface area contributed by atoms with Gasteiger partial charge in [-0.1, -0.05) is 47.6 Å². The fraction of sp³-hybridized carbons (Fsp3) is 0.438. The zero-order chi connectivity index (χ0) is 15.0. The highest BCUT2D eigenvalue weighted by molar-refractivity contribution is 7.15. The Morgan fingerprint density at radius 3 is 2.52 bits per heavy atom. The number of aryl methyl sites for hydroxylation is 2. The maximum absolute atomic E-state index is 12.0. The van der Waals surface area contributed by atoms with Gasteiger partial charge in [0.1, 0.15) is 5.01 Å². The number of amides is 1. The van der Waals surface area contributed by atoms with Crippen molar-refractivity contribution in [2.75, 3.05) is 5.32 Å². The van der Waals surface area contributed by atoms with Crippen molar-refractivity contribution in [1.29, 1.82) is 0 Å². The van der Waals surface area contributed by atoms with Crippen LogP contribution in [-0.4, -0.2) is 16.1 Å². The first-order valence-corrected chi connectivity index (χ1v) is 7.97. The van der Waals surface area contributed by atoms with Crippen molar-refractivity contribution in [3.63, 3.8) is 0 Å². The predicted molar refractivity (Wildman–Crippen MR) is 84.6 cm³/mol. The monoisotopic (exact) mass is 301 g/mol. The molecule has 4 nitrogen and oxygen atoms in total. The number of nitrogens with zero attached hydrogens (tertiary/aromatic N) is 2. The molecule has 5 heteroatoms. The Bertz CT molecular complexity index is 668. The van der Waals surface area contributed by atoms with E-state index in [0.717, 1.165) is 24.3 Å². The van der Waals surface area contributed by atoms with Crippen LogP contribution in [0.4, 0.5) is 5.13 Å². The molecule has 1 heterocycles. The number of rotatable bonds is 4. The highest BCUT2D eigenvalue weighted by atomic mass is 32.1. The van der Waals surface area contributed by atoms with Crippen LogP contribution in [0.2, 0.25) is 0 Å². The summed E-state index contributed by atoms with van der Waals surface area (Å²) >= 11 is 1.46. The Kier molecular flexibility index (Phi) is 3.53. The van der Waals surface area contributed by atoms with Gasteiger partial charge in [0.2, 0.25) is 11.0 Å². The van der Waals surface area contributed by atoms with Gasteiger partial charge in [-0.05, 0) is 32.3 Å². The normalized spacial score (nSPS) is 15.8. The summed E-state index contributed by atoms with van der Waals surface area (Å²) in [5.41, 5.74) is 3.56. The van der Waals surface area contributed by atoms with Crippen LogP contribution in [0, 0.1) is 19.3 Å². The Hall–Kier alpha value is -1.75. The molecule has 1 aliphatic carbocycles. The van der Waals surface area contributed by atoms with Crippen LogP contribution < -0.4 is 5.32 Å². The molecule has 3 rings (SSSR count). The van der Waals surface area contributed by atoms with Crippen LogP contribution in [0.5, 0.6) is 0 Å². The van der Waals surface area contributed by atoms with E-state index in [-0.39, 0.29) is 11.3 Å². The van der Waals surface area contributed by atoms with E-state index in [9.17, 15) is 4.79 Å². The van der Waals surface area contributed by atoms with Gasteiger partial charge in [-0.3, -0.25) is 4.79 Å². The fourth-order valence-electron chi connectivity index (χ4n) is 2.38. The first kappa shape index (κ1) is 14.2. The van der Waals surface area contributed by atoms with E-state index in [1.54, 1.807) is 0 Å². The van der Waals surface area contributed by atoms with E-state index in [4.69, 9.17) is 0 Å². The summed E-state index contributed by atoms with van der Waals surface area (Å²) in [7, 11) is 0. The minimum Gasteiger partial charge on any atom is -0.300 e. The summed E-state index contributed by atoms with van der Waals surface area (Å²) in [4.78, 5) is 12.0. The summed E-state index contributed by atoms with van der Waals surface area (Å²) in [6.07, 6.45) is 2.69. The molecule has 0 saturated heterocycles. The molecule has 2 aromatic rings. The lowest BCUT2D eigenvalue weighted by atomic mass is 10.1. The van der Waals surface area contributed by atoms with Gasteiger partial charge in [0, 0.05) is 11.8 Å². The van der Waals surface area contributed by atoms with E-state index < -0.39 is 0 Å². The standard InChI is InChI=1S/C16H19N3OS/c1-10-6-11(2)8-12(7-10)9-13-18-19-15(21-13)17-14(20)16(3)4-5-16/h6-8H,4-5,9H2,1-3H3,(H,17,19,20). The Balaban J connectivity index is 1.68. The van der Waals surface area contributed by atoms with Crippen LogP contribution in [0.15, 0.2) is 18.2 Å². The zero-order valence-electron chi connectivity index (χ0n) is 12.6. The van der Waals surface area contributed by atoms with Crippen molar-refractivity contribution in [2.24, 2.45) is 5.41 Å². The quantitative estimate of drug-likeness (QED) is 0.940. The van der Waals surface area contributed by atoms with E-state index in [0.29, 0.717) is 5.13 Å². The van der Waals surface area contributed by atoms with Crippen molar-refractivity contribution < 1.29 is 4.79 Å². The first-order chi connectivity index (χ1) is 9.94. The molecule has 1 amide bonds. The molecule has 1 aliphatic rings. The van der Waals surface area contributed by atoms with Gasteiger partial charge in [0.05, 0.1) is 0 Å². The van der Waals surface area contributed by atoms with Gasteiger partial charge in [0.25, 0.3) is 0 Å². The van der Waals surface area contributed by atoms with E-state index in [2.05, 4.69) is 47.6 Å². The summed E-state index contributed by atoms with van der Waals surface area (Å²) < 4.78 is 0. The third-order valence-corrected chi connectivity index (χ3v) is 4.71. The molecule has 0 aliphatic heterocycles. The van der Waals surface area contributed by atoms with Gasteiger partial charge in [-0.2, -0.15) is 0 Å². The third kappa shape index (κ3) is 3.29. The predicted octanol–water partition coefficient (Wildman–Crippen LogP) is 3.48. The molecule has 0 atom stereocenters. The van der Waals surface area contributed by atoms with E-state index >= 15 is 0 Å². The number of aromatic nitrogens is 2. The first-order valence-electron chi connectivity index (χ1n) is 7.16. The molecule has 1 N–H and O–H groups in total. The molecular weight excluding hydrogens is 282 g/mol. The number of anilines is 1. The molecule has 0 radical (unpaired) electrons. The van der Waals surface area contributed by atoms with E-state index in [1.807, 2.05) is 6.92 Å². The Morgan fingerprint density at radius 1 is 1.24 bits per heavy atom. The Morgan fingerprint density at radius 2 is 1.90 bits per heavy atom. The third-order valence-electron chi connectivity index (χ3n) is 3.87. The van der Waals surface area contributed by atoms with Crippen molar-refractivity contribution in [1.82, 2.24) is 10.2 Å². The van der Waals surface area contributed by atoms with Crippen LogP contribution in [0.1, 0.15) is 41.5 Å². The molecule has 1 saturated carbocycles. The lowest BCUT2D eigenvalue weighted by Crippen LogP contribution is -2.21. The molecule has 1 aromatic heterocycles. The second kappa shape index (κ2) is 5.22. The minimum atomic E-state index is -0.181. The summed E-state index contributed by atoms with van der Waals surface area (Å²) in [5.74, 6) is 0.0663. The van der Waals surface area contributed by atoms with Gasteiger partial charge >= 0.3 is 0 Å². The summed E-state index contributed by atoms with van der Waals surface area (Å²) in [5, 5.41) is 12.7. The summed E-state index contributed by atoms with van der Waals surface area (Å²) in [6, 6.07) is 6.49. The fourth-order valence-corrected chi connectivity index (χ4v) is 3.15. The van der Waals surface area contributed by atoms with Crippen molar-refractivity contribution >= 4 is 22.4 Å². The second-order valence-electron chi connectivity index (χ2n) is 6.19. The number of nitrogens with one attached hydrogen (secondary N) is 1. The highest BCUT2D eigenvalue weighted by Gasteiger charge is 2.45. The molecule has 0 bridgehead atoms. The Labute approximate surface area is 128 Å².